The summed E-state index contributed by atoms with van der Waals surface area (Å²) in [6.07, 6.45) is 6.77. The zero-order chi connectivity index (χ0) is 29.0. The zero-order valence-corrected chi connectivity index (χ0v) is 24.4. The fourth-order valence-electron chi connectivity index (χ4n) is 7.98. The summed E-state index contributed by atoms with van der Waals surface area (Å²) in [6.45, 7) is 15.5. The van der Waals surface area contributed by atoms with Gasteiger partial charge < -0.3 is 24.6 Å². The van der Waals surface area contributed by atoms with Crippen molar-refractivity contribution in [3.8, 4) is 0 Å². The minimum Gasteiger partial charge on any atom is -0.457 e. The van der Waals surface area contributed by atoms with E-state index in [4.69, 9.17) is 14.2 Å². The summed E-state index contributed by atoms with van der Waals surface area (Å²) in [7, 11) is 0. The van der Waals surface area contributed by atoms with Crippen LogP contribution in [-0.4, -0.2) is 52.7 Å². The summed E-state index contributed by atoms with van der Waals surface area (Å²) in [5.74, 6) is -2.59. The van der Waals surface area contributed by atoms with Crippen LogP contribution in [0.2, 0.25) is 0 Å². The van der Waals surface area contributed by atoms with Crippen molar-refractivity contribution in [1.29, 1.82) is 0 Å². The van der Waals surface area contributed by atoms with E-state index in [2.05, 4.69) is 18.8 Å². The molecule has 1 saturated carbocycles. The average Bonchev–Trinajstić information content (AvgIpc) is 3.31. The van der Waals surface area contributed by atoms with Crippen LogP contribution in [0.3, 0.4) is 0 Å². The van der Waals surface area contributed by atoms with E-state index in [9.17, 15) is 14.7 Å². The molecule has 5 rings (SSSR count). The van der Waals surface area contributed by atoms with E-state index in [1.54, 1.807) is 0 Å². The van der Waals surface area contributed by atoms with E-state index in [1.807, 2.05) is 82.3 Å². The average molecular weight is 550 g/mol. The van der Waals surface area contributed by atoms with Crippen molar-refractivity contribution in [2.75, 3.05) is 0 Å². The lowest BCUT2D eigenvalue weighted by Gasteiger charge is -2.52. The summed E-state index contributed by atoms with van der Waals surface area (Å²) >= 11 is 0. The Balaban J connectivity index is 1.70. The summed E-state index contributed by atoms with van der Waals surface area (Å²) in [4.78, 5) is 27.0. The van der Waals surface area contributed by atoms with E-state index in [0.717, 1.165) is 5.56 Å². The first-order valence-corrected chi connectivity index (χ1v) is 14.4. The van der Waals surface area contributed by atoms with Gasteiger partial charge in [-0.05, 0) is 62.7 Å². The highest BCUT2D eigenvalue weighted by Gasteiger charge is 2.69. The molecule has 0 aromatic heterocycles. The number of hydrogen-bond acceptors (Lipinski definition) is 6. The van der Waals surface area contributed by atoms with Crippen LogP contribution in [-0.2, 0) is 30.2 Å². The second kappa shape index (κ2) is 10.3. The third kappa shape index (κ3) is 4.66. The molecule has 10 atom stereocenters. The van der Waals surface area contributed by atoms with Gasteiger partial charge in [-0.1, -0.05) is 69.0 Å². The van der Waals surface area contributed by atoms with Crippen molar-refractivity contribution in [2.24, 2.45) is 29.1 Å². The second-order valence-corrected chi connectivity index (χ2v) is 12.8. The number of allylic oxidation sites excluding steroid dienone is 1. The molecule has 2 aliphatic heterocycles. The van der Waals surface area contributed by atoms with Crippen LogP contribution in [0.25, 0.3) is 0 Å². The molecular formula is C33H43NO6. The van der Waals surface area contributed by atoms with Gasteiger partial charge in [0.2, 0.25) is 5.91 Å². The van der Waals surface area contributed by atoms with Gasteiger partial charge in [0.1, 0.15) is 17.1 Å². The number of esters is 1. The Hall–Kier alpha value is -2.74. The molecule has 1 amide bonds. The van der Waals surface area contributed by atoms with Gasteiger partial charge in [0, 0.05) is 24.8 Å². The molecule has 216 valence electrons. The molecule has 2 saturated heterocycles. The van der Waals surface area contributed by atoms with E-state index >= 15 is 0 Å². The van der Waals surface area contributed by atoms with Gasteiger partial charge in [0.05, 0.1) is 12.2 Å². The van der Waals surface area contributed by atoms with Crippen LogP contribution in [0.1, 0.15) is 53.5 Å². The quantitative estimate of drug-likeness (QED) is 0.426. The number of carbonyl (C=O) groups excluding carboxylic acids is 2. The Morgan fingerprint density at radius 1 is 1.18 bits per heavy atom. The minimum absolute atomic E-state index is 0.0794. The lowest BCUT2D eigenvalue weighted by Crippen LogP contribution is -2.60. The first kappa shape index (κ1) is 28.8. The van der Waals surface area contributed by atoms with Crippen molar-refractivity contribution in [3.63, 3.8) is 0 Å². The maximum Gasteiger partial charge on any atom is 0.303 e. The molecule has 4 aliphatic rings. The molecule has 7 nitrogen and oxygen atoms in total. The molecule has 3 fully saturated rings. The fraction of sp³-hybridized carbons (Fsp3) is 0.576. The first-order chi connectivity index (χ1) is 18.8. The second-order valence-electron chi connectivity index (χ2n) is 12.8. The smallest absolute Gasteiger partial charge is 0.303 e. The summed E-state index contributed by atoms with van der Waals surface area (Å²) < 4.78 is 18.8. The summed E-state index contributed by atoms with van der Waals surface area (Å²) in [5.41, 5.74) is -0.287. The number of benzene rings is 1. The molecule has 0 bridgehead atoms. The van der Waals surface area contributed by atoms with Crippen LogP contribution in [0.5, 0.6) is 0 Å². The number of amides is 1. The van der Waals surface area contributed by atoms with E-state index in [1.165, 1.54) is 6.92 Å². The number of ether oxygens (including phenoxy) is 3. The van der Waals surface area contributed by atoms with Crippen molar-refractivity contribution in [3.05, 3.63) is 72.4 Å². The molecule has 1 aromatic rings. The largest absolute Gasteiger partial charge is 0.457 e. The van der Waals surface area contributed by atoms with Crippen molar-refractivity contribution in [2.45, 2.75) is 90.1 Å². The van der Waals surface area contributed by atoms with Crippen LogP contribution in [0, 0.1) is 29.1 Å². The van der Waals surface area contributed by atoms with Crippen molar-refractivity contribution >= 4 is 11.9 Å². The van der Waals surface area contributed by atoms with Gasteiger partial charge in [0.25, 0.3) is 0 Å². The van der Waals surface area contributed by atoms with Gasteiger partial charge in [-0.25, -0.2) is 0 Å². The highest BCUT2D eigenvalue weighted by atomic mass is 16.8. The standard InChI is InChI=1S/C33H43NO6/c1-19-12-11-15-24-28(36)21(3)20(2)27-25(18-23-13-9-8-10-14-23)34-30(37)33(24,27)26(38-22(4)35)16-17-32(7)29(19)39-31(5,6)40-32/h8-11,13-17,19-20,24-29,36H,3,12,18H2,1-2,4-7H3,(H,34,37)/b15-11+,17-16+/t19-,20+,24-,25-,26+,27-,28+,29+,32+,33+/m0/s1. The van der Waals surface area contributed by atoms with Crippen LogP contribution in [0.4, 0.5) is 0 Å². The van der Waals surface area contributed by atoms with Crippen molar-refractivity contribution in [1.82, 2.24) is 5.32 Å². The fourth-order valence-corrected chi connectivity index (χ4v) is 7.98. The van der Waals surface area contributed by atoms with E-state index < -0.39 is 40.9 Å². The molecule has 1 spiro atoms. The Labute approximate surface area is 237 Å². The monoisotopic (exact) mass is 549 g/mol. The molecule has 0 unspecified atom stereocenters. The lowest BCUT2D eigenvalue weighted by molar-refractivity contribution is -0.167. The Kier molecular flexibility index (Phi) is 7.39. The molecule has 2 aliphatic carbocycles. The molecule has 2 heterocycles. The van der Waals surface area contributed by atoms with Crippen molar-refractivity contribution < 1.29 is 28.9 Å². The van der Waals surface area contributed by atoms with Gasteiger partial charge in [-0.3, -0.25) is 9.59 Å². The molecule has 40 heavy (non-hydrogen) atoms. The van der Waals surface area contributed by atoms with E-state index in [-0.39, 0.29) is 35.8 Å². The normalized spacial score (nSPS) is 43.9. The summed E-state index contributed by atoms with van der Waals surface area (Å²) in [5, 5.41) is 15.0. The predicted molar refractivity (Wildman–Crippen MR) is 152 cm³/mol. The Morgan fingerprint density at radius 2 is 1.88 bits per heavy atom. The van der Waals surface area contributed by atoms with Crippen LogP contribution >= 0.6 is 0 Å². The van der Waals surface area contributed by atoms with Gasteiger partial charge in [-0.2, -0.15) is 0 Å². The van der Waals surface area contributed by atoms with Gasteiger partial charge in [-0.15, -0.1) is 0 Å². The Morgan fingerprint density at radius 3 is 2.55 bits per heavy atom. The maximum absolute atomic E-state index is 14.4. The highest BCUT2D eigenvalue weighted by Crippen LogP contribution is 2.59. The van der Waals surface area contributed by atoms with E-state index in [0.29, 0.717) is 18.4 Å². The number of carbonyl (C=O) groups is 2. The lowest BCUT2D eigenvalue weighted by atomic mass is 9.51. The third-order valence-electron chi connectivity index (χ3n) is 9.56. The van der Waals surface area contributed by atoms with Gasteiger partial charge in [0.15, 0.2) is 5.79 Å². The zero-order valence-electron chi connectivity index (χ0n) is 24.4. The predicted octanol–water partition coefficient (Wildman–Crippen LogP) is 4.51. The first-order valence-electron chi connectivity index (χ1n) is 14.4. The summed E-state index contributed by atoms with van der Waals surface area (Å²) in [6, 6.07) is 9.80. The number of rotatable bonds is 3. The third-order valence-corrected chi connectivity index (χ3v) is 9.56. The number of nitrogens with one attached hydrogen (secondary N) is 1. The molecular weight excluding hydrogens is 506 g/mol. The Bertz CT molecular complexity index is 1220. The SMILES string of the molecule is C=C1[C@@H](C)[C@H]2[C@H](Cc3ccccc3)NC(=O)[C@]23[C@H](OC(C)=O)/C=C/[C@@]2(C)OC(C)(C)O[C@@H]2[C@@H](C)C/C=C/[C@H]3[C@@H]1O. The number of hydrogen-bond donors (Lipinski definition) is 2. The maximum atomic E-state index is 14.4. The topological polar surface area (TPSA) is 94.1 Å². The molecule has 7 heteroatoms. The molecule has 0 radical (unpaired) electrons. The van der Waals surface area contributed by atoms with Crippen LogP contribution < -0.4 is 5.32 Å². The number of fused-ring (bicyclic) bond motifs is 1. The molecule has 2 N–H and O–H groups in total. The number of aliphatic hydroxyl groups excluding tert-OH is 1. The van der Waals surface area contributed by atoms with Crippen LogP contribution in [0.15, 0.2) is 66.8 Å². The highest BCUT2D eigenvalue weighted by molar-refractivity contribution is 5.89. The van der Waals surface area contributed by atoms with Gasteiger partial charge >= 0.3 is 5.97 Å². The number of aliphatic hydroxyl groups is 1. The molecule has 1 aromatic carbocycles. The minimum atomic E-state index is -1.26.